The maximum absolute atomic E-state index is 11.2. The second-order valence-electron chi connectivity index (χ2n) is 3.77. The van der Waals surface area contributed by atoms with Gasteiger partial charge in [0.1, 0.15) is 12.4 Å². The highest BCUT2D eigenvalue weighted by Crippen LogP contribution is 2.28. The molecule has 0 saturated carbocycles. The molecule has 0 spiro atoms. The van der Waals surface area contributed by atoms with E-state index < -0.39 is 16.6 Å². The monoisotopic (exact) mass is 265 g/mol. The van der Waals surface area contributed by atoms with Gasteiger partial charge in [-0.1, -0.05) is 6.58 Å². The van der Waals surface area contributed by atoms with Crippen molar-refractivity contribution in [2.45, 2.75) is 13.5 Å². The number of phenolic OH excluding ortho intramolecular Hbond substituents is 1. The first kappa shape index (κ1) is 14.4. The van der Waals surface area contributed by atoms with Crippen LogP contribution >= 0.6 is 0 Å². The summed E-state index contributed by atoms with van der Waals surface area (Å²) in [5.74, 6) is -1.14. The number of rotatable bonds is 5. The Balaban J connectivity index is 3.08. The molecule has 100 valence electrons. The predicted octanol–water partition coefficient (Wildman–Crippen LogP) is 1.73. The van der Waals surface area contributed by atoms with Crippen molar-refractivity contribution in [1.29, 1.82) is 0 Å². The van der Waals surface area contributed by atoms with Gasteiger partial charge in [0.2, 0.25) is 0 Å². The lowest BCUT2D eigenvalue weighted by Crippen LogP contribution is -2.06. The summed E-state index contributed by atoms with van der Waals surface area (Å²) in [6.45, 7) is 4.42. The van der Waals surface area contributed by atoms with Gasteiger partial charge in [-0.15, -0.1) is 0 Å². The Bertz CT molecular complexity index is 564. The fraction of sp³-hybridized carbons (Fsp3) is 0.167. The first-order valence-electron chi connectivity index (χ1n) is 5.15. The van der Waals surface area contributed by atoms with Crippen molar-refractivity contribution in [2.24, 2.45) is 0 Å². The van der Waals surface area contributed by atoms with Crippen LogP contribution in [-0.4, -0.2) is 22.3 Å². The predicted molar refractivity (Wildman–Crippen MR) is 64.8 cm³/mol. The van der Waals surface area contributed by atoms with Crippen molar-refractivity contribution in [3.05, 3.63) is 45.5 Å². The maximum atomic E-state index is 11.2. The molecule has 0 unspecified atom stereocenters. The molecule has 0 saturated heterocycles. The lowest BCUT2D eigenvalue weighted by Gasteiger charge is -2.08. The highest BCUT2D eigenvalue weighted by Gasteiger charge is 2.17. The van der Waals surface area contributed by atoms with Crippen LogP contribution in [0.5, 0.6) is 5.75 Å². The maximum Gasteiger partial charge on any atom is 0.333 e. The summed E-state index contributed by atoms with van der Waals surface area (Å²) in [6.07, 6.45) is 0.284. The van der Waals surface area contributed by atoms with E-state index >= 15 is 0 Å². The van der Waals surface area contributed by atoms with Crippen LogP contribution in [0.25, 0.3) is 0 Å². The van der Waals surface area contributed by atoms with Crippen molar-refractivity contribution >= 4 is 17.9 Å². The Labute approximate surface area is 108 Å². The average Bonchev–Trinajstić information content (AvgIpc) is 2.36. The Morgan fingerprint density at radius 2 is 2.21 bits per heavy atom. The minimum atomic E-state index is -0.712. The summed E-state index contributed by atoms with van der Waals surface area (Å²) < 4.78 is 4.77. The number of phenols is 1. The number of nitro benzene ring substituents is 1. The number of aromatic hydroxyl groups is 1. The van der Waals surface area contributed by atoms with Gasteiger partial charge < -0.3 is 9.84 Å². The van der Waals surface area contributed by atoms with Crippen LogP contribution in [-0.2, 0) is 16.1 Å². The molecule has 1 aromatic carbocycles. The number of ether oxygens (including phenoxy) is 1. The molecule has 0 fully saturated rings. The highest BCUT2D eigenvalue weighted by molar-refractivity contribution is 5.87. The number of carbonyl (C=O) groups excluding carboxylic acids is 2. The van der Waals surface area contributed by atoms with E-state index in [0.717, 1.165) is 12.1 Å². The molecule has 0 aliphatic rings. The molecule has 0 amide bonds. The number of aldehydes is 1. The second-order valence-corrected chi connectivity index (χ2v) is 3.77. The van der Waals surface area contributed by atoms with Gasteiger partial charge in [-0.3, -0.25) is 14.9 Å². The Kier molecular flexibility index (Phi) is 4.36. The van der Waals surface area contributed by atoms with Crippen molar-refractivity contribution in [1.82, 2.24) is 0 Å². The van der Waals surface area contributed by atoms with Gasteiger partial charge in [0.25, 0.3) is 5.69 Å². The van der Waals surface area contributed by atoms with Gasteiger partial charge in [0.15, 0.2) is 6.29 Å². The molecule has 7 nitrogen and oxygen atoms in total. The van der Waals surface area contributed by atoms with E-state index in [1.165, 1.54) is 6.92 Å². The summed E-state index contributed by atoms with van der Waals surface area (Å²) in [5, 5.41) is 20.3. The van der Waals surface area contributed by atoms with Crippen LogP contribution in [0, 0.1) is 10.1 Å². The minimum Gasteiger partial charge on any atom is -0.507 e. The van der Waals surface area contributed by atoms with Gasteiger partial charge in [0.05, 0.1) is 10.5 Å². The molecule has 1 aromatic rings. The van der Waals surface area contributed by atoms with Crippen LogP contribution in [0.1, 0.15) is 22.8 Å². The molecule has 19 heavy (non-hydrogen) atoms. The van der Waals surface area contributed by atoms with Gasteiger partial charge in [-0.2, -0.15) is 0 Å². The zero-order chi connectivity index (χ0) is 14.6. The summed E-state index contributed by atoms with van der Waals surface area (Å²) in [7, 11) is 0. The van der Waals surface area contributed by atoms with Gasteiger partial charge in [0, 0.05) is 23.3 Å². The summed E-state index contributed by atoms with van der Waals surface area (Å²) in [4.78, 5) is 31.8. The van der Waals surface area contributed by atoms with Crippen molar-refractivity contribution in [2.75, 3.05) is 0 Å². The summed E-state index contributed by atoms with van der Waals surface area (Å²) in [6, 6.07) is 1.97. The molecule has 0 aromatic heterocycles. The molecule has 1 rings (SSSR count). The molecule has 0 heterocycles. The second kappa shape index (κ2) is 5.76. The Hall–Kier alpha value is -2.70. The number of non-ortho nitro benzene ring substituents is 1. The number of nitro groups is 1. The molecule has 0 atom stereocenters. The van der Waals surface area contributed by atoms with Crippen LogP contribution in [0.2, 0.25) is 0 Å². The van der Waals surface area contributed by atoms with E-state index in [-0.39, 0.29) is 35.3 Å². The van der Waals surface area contributed by atoms with E-state index in [9.17, 15) is 24.8 Å². The zero-order valence-corrected chi connectivity index (χ0v) is 10.1. The van der Waals surface area contributed by atoms with Crippen LogP contribution in [0.15, 0.2) is 24.3 Å². The number of benzene rings is 1. The van der Waals surface area contributed by atoms with Crippen molar-refractivity contribution in [3.63, 3.8) is 0 Å². The normalized spacial score (nSPS) is 9.74. The molecule has 0 aliphatic heterocycles. The van der Waals surface area contributed by atoms with Gasteiger partial charge in [-0.05, 0) is 6.92 Å². The average molecular weight is 265 g/mol. The quantitative estimate of drug-likeness (QED) is 0.285. The summed E-state index contributed by atoms with van der Waals surface area (Å²) in [5.41, 5.74) is -0.483. The topological polar surface area (TPSA) is 107 Å². The van der Waals surface area contributed by atoms with E-state index in [1.54, 1.807) is 0 Å². The zero-order valence-electron chi connectivity index (χ0n) is 10.1. The first-order chi connectivity index (χ1) is 8.86. The largest absolute Gasteiger partial charge is 0.507 e. The first-order valence-corrected chi connectivity index (χ1v) is 5.15. The Morgan fingerprint density at radius 1 is 1.58 bits per heavy atom. The molecule has 0 radical (unpaired) electrons. The Morgan fingerprint density at radius 3 is 2.68 bits per heavy atom. The fourth-order valence-electron chi connectivity index (χ4n) is 1.27. The third-order valence-corrected chi connectivity index (χ3v) is 2.25. The lowest BCUT2D eigenvalue weighted by molar-refractivity contribution is -0.385. The number of hydrogen-bond donors (Lipinski definition) is 1. The molecular weight excluding hydrogens is 254 g/mol. The van der Waals surface area contributed by atoms with E-state index in [1.807, 2.05) is 0 Å². The minimum absolute atomic E-state index is 0.0223. The number of hydrogen-bond acceptors (Lipinski definition) is 6. The highest BCUT2D eigenvalue weighted by atomic mass is 16.6. The molecule has 7 heteroatoms. The van der Waals surface area contributed by atoms with Gasteiger partial charge >= 0.3 is 5.97 Å². The third-order valence-electron chi connectivity index (χ3n) is 2.25. The van der Waals surface area contributed by atoms with Gasteiger partial charge in [-0.25, -0.2) is 4.79 Å². The third kappa shape index (κ3) is 3.38. The van der Waals surface area contributed by atoms with Crippen LogP contribution < -0.4 is 0 Å². The molecule has 0 bridgehead atoms. The van der Waals surface area contributed by atoms with Crippen LogP contribution in [0.3, 0.4) is 0 Å². The molecule has 1 N–H and O–H groups in total. The smallest absolute Gasteiger partial charge is 0.333 e. The number of nitrogens with zero attached hydrogens (tertiary/aromatic N) is 1. The lowest BCUT2D eigenvalue weighted by atomic mass is 10.1. The van der Waals surface area contributed by atoms with E-state index in [4.69, 9.17) is 4.74 Å². The van der Waals surface area contributed by atoms with E-state index in [2.05, 4.69) is 6.58 Å². The van der Waals surface area contributed by atoms with E-state index in [0.29, 0.717) is 0 Å². The van der Waals surface area contributed by atoms with Crippen molar-refractivity contribution in [3.8, 4) is 5.75 Å². The number of esters is 1. The summed E-state index contributed by atoms with van der Waals surface area (Å²) >= 11 is 0. The SMILES string of the molecule is C=C(C)C(=O)OCc1cc([N+](=O)[O-])cc(C=O)c1O. The fourth-order valence-corrected chi connectivity index (χ4v) is 1.27. The van der Waals surface area contributed by atoms with Crippen molar-refractivity contribution < 1.29 is 24.4 Å². The molecular formula is C12H11NO6. The van der Waals surface area contributed by atoms with Crippen LogP contribution in [0.4, 0.5) is 5.69 Å². The molecule has 0 aliphatic carbocycles. The number of carbonyl (C=O) groups is 2. The standard InChI is InChI=1S/C12H11NO6/c1-7(2)12(16)19-6-9-4-10(13(17)18)3-8(5-14)11(9)15/h3-5,15H,1,6H2,2H3.